The summed E-state index contributed by atoms with van der Waals surface area (Å²) in [5.74, 6) is 2.92. The first-order valence-electron chi connectivity index (χ1n) is 14.7. The minimum atomic E-state index is -0.0287. The number of carbonyl (C=O) groups excluding carboxylic acids is 1. The van der Waals surface area contributed by atoms with Gasteiger partial charge in [0.1, 0.15) is 22.7 Å². The van der Waals surface area contributed by atoms with Crippen molar-refractivity contribution in [2.24, 2.45) is 18.7 Å². The predicted molar refractivity (Wildman–Crippen MR) is 169 cm³/mol. The number of aryl methyl sites for hydroxylation is 1. The molecule has 43 heavy (non-hydrogen) atoms. The molecule has 0 radical (unpaired) electrons. The molecule has 0 spiro atoms. The smallest absolute Gasteiger partial charge is 0.254 e. The summed E-state index contributed by atoms with van der Waals surface area (Å²) < 4.78 is 17.7. The first-order valence-corrected chi connectivity index (χ1v) is 14.7. The summed E-state index contributed by atoms with van der Waals surface area (Å²) in [4.78, 5) is 20.4. The molecule has 1 amide bonds. The van der Waals surface area contributed by atoms with Crippen LogP contribution in [0.2, 0.25) is 0 Å². The van der Waals surface area contributed by atoms with Gasteiger partial charge in [0, 0.05) is 43.7 Å². The van der Waals surface area contributed by atoms with Gasteiger partial charge >= 0.3 is 0 Å². The number of likely N-dealkylation sites (tertiary alicyclic amines) is 1. The van der Waals surface area contributed by atoms with Crippen LogP contribution in [0.1, 0.15) is 41.6 Å². The maximum atomic E-state index is 13.5. The van der Waals surface area contributed by atoms with Crippen LogP contribution >= 0.6 is 12.4 Å². The molecule has 2 aliphatic rings. The number of hydrogen-bond donors (Lipinski definition) is 1. The van der Waals surface area contributed by atoms with Crippen molar-refractivity contribution < 1.29 is 14.3 Å². The van der Waals surface area contributed by atoms with Gasteiger partial charge in [-0.1, -0.05) is 12.1 Å². The number of amides is 1. The number of nitrogens with zero attached hydrogens (tertiary/aromatic N) is 6. The molecule has 2 aromatic carbocycles. The molecule has 226 valence electrons. The number of hydrogen-bond acceptors (Lipinski definition) is 6. The fourth-order valence-electron chi connectivity index (χ4n) is 6.27. The molecule has 1 aliphatic heterocycles. The van der Waals surface area contributed by atoms with Crippen molar-refractivity contribution in [1.82, 2.24) is 28.8 Å². The molecule has 2 fully saturated rings. The maximum absolute atomic E-state index is 13.5. The number of benzene rings is 2. The van der Waals surface area contributed by atoms with Gasteiger partial charge in [0.25, 0.3) is 5.91 Å². The maximum Gasteiger partial charge on any atom is 0.254 e. The third kappa shape index (κ3) is 5.34. The van der Waals surface area contributed by atoms with Crippen molar-refractivity contribution in [2.45, 2.75) is 44.8 Å². The molecule has 1 saturated heterocycles. The second kappa shape index (κ2) is 11.6. The van der Waals surface area contributed by atoms with Crippen molar-refractivity contribution in [3.8, 4) is 23.0 Å². The van der Waals surface area contributed by atoms with E-state index in [4.69, 9.17) is 25.3 Å². The molecule has 2 N–H and O–H groups in total. The minimum absolute atomic E-state index is 0. The first-order chi connectivity index (χ1) is 20.4. The van der Waals surface area contributed by atoms with Crippen LogP contribution in [0.5, 0.6) is 11.5 Å². The van der Waals surface area contributed by atoms with Crippen LogP contribution in [-0.4, -0.2) is 68.1 Å². The van der Waals surface area contributed by atoms with Gasteiger partial charge in [0.2, 0.25) is 0 Å². The highest BCUT2D eigenvalue weighted by Gasteiger charge is 2.29. The van der Waals surface area contributed by atoms with Gasteiger partial charge in [0.15, 0.2) is 5.82 Å². The fourth-order valence-corrected chi connectivity index (χ4v) is 6.27. The minimum Gasteiger partial charge on any atom is -0.497 e. The largest absolute Gasteiger partial charge is 0.497 e. The summed E-state index contributed by atoms with van der Waals surface area (Å²) in [5.41, 5.74) is 11.6. The van der Waals surface area contributed by atoms with Crippen LogP contribution in [0, 0.1) is 5.92 Å². The summed E-state index contributed by atoms with van der Waals surface area (Å²) >= 11 is 0. The van der Waals surface area contributed by atoms with Gasteiger partial charge in [0.05, 0.1) is 38.2 Å². The highest BCUT2D eigenvalue weighted by atomic mass is 35.5. The van der Waals surface area contributed by atoms with E-state index in [0.29, 0.717) is 30.3 Å². The van der Waals surface area contributed by atoms with Crippen molar-refractivity contribution in [3.63, 3.8) is 0 Å². The van der Waals surface area contributed by atoms with Gasteiger partial charge < -0.3 is 29.2 Å². The lowest BCUT2D eigenvalue weighted by atomic mass is 10.0. The zero-order chi connectivity index (χ0) is 29.0. The SMILES string of the molecule is COc1ccc(Cn2ncc3cc(-c4nc5cc(C(=O)N6CCC[C@@H](N)C6)cc(OC)c5n4C)n(CC4CC4)c32)cc1.Cl. The van der Waals surface area contributed by atoms with E-state index < -0.39 is 0 Å². The predicted octanol–water partition coefficient (Wildman–Crippen LogP) is 4.85. The Hall–Kier alpha value is -4.02. The van der Waals surface area contributed by atoms with E-state index in [1.165, 1.54) is 12.8 Å². The molecule has 0 bridgehead atoms. The topological polar surface area (TPSA) is 105 Å². The van der Waals surface area contributed by atoms with Crippen molar-refractivity contribution in [1.29, 1.82) is 0 Å². The standard InChI is InChI=1S/C32H37N7O3.ClH/c1-36-29-26(13-22(15-28(29)42-3)32(40)37-12-4-5-24(33)19-37)35-30(36)27-14-23-16-34-39(31(23)38(27)17-20-6-7-20)18-21-8-10-25(41-2)11-9-21;/h8-11,13-16,20,24H,4-7,12,17-19,33H2,1-3H3;1H/t24-;/m1./s1. The average Bonchev–Trinajstić information content (AvgIpc) is 3.51. The van der Waals surface area contributed by atoms with Crippen LogP contribution in [0.4, 0.5) is 0 Å². The average molecular weight is 604 g/mol. The monoisotopic (exact) mass is 603 g/mol. The van der Waals surface area contributed by atoms with Crippen LogP contribution in [-0.2, 0) is 20.1 Å². The number of ether oxygens (including phenoxy) is 2. The lowest BCUT2D eigenvalue weighted by Gasteiger charge is -2.30. The number of halogens is 1. The van der Waals surface area contributed by atoms with E-state index in [1.807, 2.05) is 42.4 Å². The Bertz CT molecular complexity index is 1780. The normalized spacial score (nSPS) is 16.9. The number of aromatic nitrogens is 5. The lowest BCUT2D eigenvalue weighted by Crippen LogP contribution is -2.45. The van der Waals surface area contributed by atoms with E-state index in [2.05, 4.69) is 32.0 Å². The Morgan fingerprint density at radius 3 is 2.56 bits per heavy atom. The van der Waals surface area contributed by atoms with Gasteiger partial charge in [-0.05, 0) is 67.5 Å². The van der Waals surface area contributed by atoms with E-state index in [1.54, 1.807) is 14.2 Å². The molecule has 5 aromatic rings. The zero-order valence-electron chi connectivity index (χ0n) is 24.8. The summed E-state index contributed by atoms with van der Waals surface area (Å²) in [6.07, 6.45) is 6.26. The number of rotatable bonds is 8. The Balaban J connectivity index is 0.00000329. The lowest BCUT2D eigenvalue weighted by molar-refractivity contribution is 0.0708. The van der Waals surface area contributed by atoms with Gasteiger partial charge in [-0.2, -0.15) is 5.10 Å². The van der Waals surface area contributed by atoms with Gasteiger partial charge in [-0.15, -0.1) is 12.4 Å². The van der Waals surface area contributed by atoms with Crippen LogP contribution < -0.4 is 15.2 Å². The highest BCUT2D eigenvalue weighted by molar-refractivity contribution is 6.00. The molecule has 4 heterocycles. The Kier molecular flexibility index (Phi) is 7.83. The summed E-state index contributed by atoms with van der Waals surface area (Å²) in [6, 6.07) is 14.1. The molecule has 3 aromatic heterocycles. The Labute approximate surface area is 256 Å². The van der Waals surface area contributed by atoms with Gasteiger partial charge in [-0.3, -0.25) is 4.79 Å². The number of piperidine rings is 1. The molecular weight excluding hydrogens is 566 g/mol. The number of imidazole rings is 1. The van der Waals surface area contributed by atoms with E-state index in [-0.39, 0.29) is 24.4 Å². The summed E-state index contributed by atoms with van der Waals surface area (Å²) in [5, 5.41) is 5.84. The zero-order valence-corrected chi connectivity index (χ0v) is 25.6. The molecule has 10 nitrogen and oxygen atoms in total. The first kappa shape index (κ1) is 29.1. The molecule has 1 atom stereocenters. The quantitative estimate of drug-likeness (QED) is 0.272. The fraction of sp³-hybridized carbons (Fsp3) is 0.406. The third-order valence-corrected chi connectivity index (χ3v) is 8.68. The van der Waals surface area contributed by atoms with E-state index in [0.717, 1.165) is 70.8 Å². The van der Waals surface area contributed by atoms with E-state index in [9.17, 15) is 4.79 Å². The van der Waals surface area contributed by atoms with Crippen LogP contribution in [0.15, 0.2) is 48.7 Å². The third-order valence-electron chi connectivity index (χ3n) is 8.68. The number of nitrogens with two attached hydrogens (primary N) is 1. The van der Waals surface area contributed by atoms with Crippen LogP contribution in [0.3, 0.4) is 0 Å². The second-order valence-electron chi connectivity index (χ2n) is 11.7. The molecular formula is C32H38ClN7O3. The van der Waals surface area contributed by atoms with Gasteiger partial charge in [-0.25, -0.2) is 9.67 Å². The second-order valence-corrected chi connectivity index (χ2v) is 11.7. The van der Waals surface area contributed by atoms with Crippen molar-refractivity contribution in [2.75, 3.05) is 27.3 Å². The van der Waals surface area contributed by atoms with Crippen molar-refractivity contribution >= 4 is 40.4 Å². The Morgan fingerprint density at radius 2 is 1.86 bits per heavy atom. The number of carbonyl (C=O) groups is 1. The molecule has 7 rings (SSSR count). The van der Waals surface area contributed by atoms with Crippen molar-refractivity contribution in [3.05, 3.63) is 59.8 Å². The van der Waals surface area contributed by atoms with Crippen LogP contribution in [0.25, 0.3) is 33.6 Å². The molecule has 0 unspecified atom stereocenters. The Morgan fingerprint density at radius 1 is 1.07 bits per heavy atom. The highest BCUT2D eigenvalue weighted by Crippen LogP contribution is 2.38. The number of fused-ring (bicyclic) bond motifs is 2. The molecule has 11 heteroatoms. The summed E-state index contributed by atoms with van der Waals surface area (Å²) in [6.45, 7) is 2.85. The molecule has 1 aliphatic carbocycles. The molecule has 1 saturated carbocycles. The summed E-state index contributed by atoms with van der Waals surface area (Å²) in [7, 11) is 5.34. The van der Waals surface area contributed by atoms with E-state index >= 15 is 0 Å². The number of methoxy groups -OCH3 is 2.